The molecule has 3 aromatic rings. The first-order chi connectivity index (χ1) is 16.4. The number of para-hydroxylation sites is 1. The van der Waals surface area contributed by atoms with Crippen LogP contribution >= 0.6 is 0 Å². The molecule has 0 bridgehead atoms. The third-order valence-electron chi connectivity index (χ3n) is 6.77. The molecule has 1 aliphatic rings. The van der Waals surface area contributed by atoms with Gasteiger partial charge in [0.1, 0.15) is 16.9 Å². The molecular weight excluding hydrogens is 438 g/mol. The number of ether oxygens (including phenoxy) is 2. The van der Waals surface area contributed by atoms with Crippen molar-refractivity contribution in [3.05, 3.63) is 88.5 Å². The number of rotatable bonds is 5. The standard InChI is InChI=1S/C30H35NO4/c1-28(2,3)19-12-14-25(32)22(16-19)30(21-10-8-9-11-24(21)31-27(30)33)23-17-20(29(4,5)6)13-15-26(23)35-18-34-7/h8-17,32H,18H2,1-7H3,(H,31,33). The van der Waals surface area contributed by atoms with Crippen molar-refractivity contribution in [2.24, 2.45) is 0 Å². The number of carbonyl (C=O) groups excluding carboxylic acids is 1. The number of hydrogen-bond donors (Lipinski definition) is 2. The number of nitrogens with one attached hydrogen (secondary N) is 1. The molecule has 0 aliphatic carbocycles. The number of hydrogen-bond acceptors (Lipinski definition) is 4. The van der Waals surface area contributed by atoms with Gasteiger partial charge in [-0.1, -0.05) is 71.9 Å². The third-order valence-corrected chi connectivity index (χ3v) is 6.77. The summed E-state index contributed by atoms with van der Waals surface area (Å²) in [4.78, 5) is 14.1. The minimum Gasteiger partial charge on any atom is -0.508 e. The molecule has 1 aliphatic heterocycles. The van der Waals surface area contributed by atoms with Crippen LogP contribution in [0.25, 0.3) is 0 Å². The largest absolute Gasteiger partial charge is 0.508 e. The van der Waals surface area contributed by atoms with Crippen LogP contribution in [0.2, 0.25) is 0 Å². The van der Waals surface area contributed by atoms with E-state index in [0.717, 1.165) is 22.4 Å². The van der Waals surface area contributed by atoms with E-state index in [1.165, 1.54) is 0 Å². The molecule has 2 N–H and O–H groups in total. The Hall–Kier alpha value is -3.31. The van der Waals surface area contributed by atoms with Crippen molar-refractivity contribution in [1.29, 1.82) is 0 Å². The lowest BCUT2D eigenvalue weighted by atomic mass is 9.67. The van der Waals surface area contributed by atoms with E-state index >= 15 is 0 Å². The van der Waals surface area contributed by atoms with E-state index in [4.69, 9.17) is 9.47 Å². The molecule has 35 heavy (non-hydrogen) atoms. The zero-order valence-electron chi connectivity index (χ0n) is 21.7. The minimum atomic E-state index is -1.31. The lowest BCUT2D eigenvalue weighted by Gasteiger charge is -2.34. The fourth-order valence-corrected chi connectivity index (χ4v) is 4.78. The van der Waals surface area contributed by atoms with Crippen LogP contribution in [-0.2, 0) is 25.8 Å². The Balaban J connectivity index is 2.15. The van der Waals surface area contributed by atoms with Crippen molar-refractivity contribution in [3.8, 4) is 11.5 Å². The summed E-state index contributed by atoms with van der Waals surface area (Å²) in [5, 5.41) is 14.4. The van der Waals surface area contributed by atoms with Gasteiger partial charge in [-0.2, -0.15) is 0 Å². The highest BCUT2D eigenvalue weighted by Crippen LogP contribution is 2.53. The molecule has 0 spiro atoms. The van der Waals surface area contributed by atoms with Gasteiger partial charge in [0.05, 0.1) is 0 Å². The van der Waals surface area contributed by atoms with Gasteiger partial charge in [0, 0.05) is 29.5 Å². The molecule has 1 heterocycles. The Labute approximate surface area is 208 Å². The van der Waals surface area contributed by atoms with Gasteiger partial charge in [0.25, 0.3) is 0 Å². The Morgan fingerprint density at radius 2 is 1.43 bits per heavy atom. The van der Waals surface area contributed by atoms with Gasteiger partial charge in [-0.25, -0.2) is 0 Å². The van der Waals surface area contributed by atoms with Gasteiger partial charge in [-0.15, -0.1) is 0 Å². The average Bonchev–Trinajstić information content (AvgIpc) is 3.08. The summed E-state index contributed by atoms with van der Waals surface area (Å²) < 4.78 is 11.2. The molecule has 0 aromatic heterocycles. The second-order valence-corrected chi connectivity index (χ2v) is 11.2. The monoisotopic (exact) mass is 473 g/mol. The normalized spacial score (nSPS) is 17.7. The number of fused-ring (bicyclic) bond motifs is 1. The maximum absolute atomic E-state index is 14.1. The van der Waals surface area contributed by atoms with Gasteiger partial charge >= 0.3 is 0 Å². The summed E-state index contributed by atoms with van der Waals surface area (Å²) in [6.07, 6.45) is 0. The predicted octanol–water partition coefficient (Wildman–Crippen LogP) is 6.26. The topological polar surface area (TPSA) is 67.8 Å². The van der Waals surface area contributed by atoms with Gasteiger partial charge in [0.2, 0.25) is 5.91 Å². The summed E-state index contributed by atoms with van der Waals surface area (Å²) >= 11 is 0. The molecule has 0 fully saturated rings. The van der Waals surface area contributed by atoms with Crippen LogP contribution in [0, 0.1) is 0 Å². The molecular formula is C30H35NO4. The summed E-state index contributed by atoms with van der Waals surface area (Å²) in [6.45, 7) is 12.8. The average molecular weight is 474 g/mol. The molecule has 184 valence electrons. The minimum absolute atomic E-state index is 0.0369. The van der Waals surface area contributed by atoms with E-state index in [9.17, 15) is 9.90 Å². The highest BCUT2D eigenvalue weighted by atomic mass is 16.7. The Morgan fingerprint density at radius 3 is 2.06 bits per heavy atom. The van der Waals surface area contributed by atoms with Gasteiger partial charge in [0.15, 0.2) is 6.79 Å². The molecule has 1 unspecified atom stereocenters. The summed E-state index contributed by atoms with van der Waals surface area (Å²) in [7, 11) is 1.56. The van der Waals surface area contributed by atoms with Crippen LogP contribution in [-0.4, -0.2) is 24.9 Å². The number of phenolic OH excluding ortho intramolecular Hbond substituents is 1. The summed E-state index contributed by atoms with van der Waals surface area (Å²) in [5.74, 6) is 0.365. The number of methoxy groups -OCH3 is 1. The summed E-state index contributed by atoms with van der Waals surface area (Å²) in [6, 6.07) is 19.2. The maximum Gasteiger partial charge on any atom is 0.244 e. The van der Waals surface area contributed by atoms with Crippen LogP contribution in [0.1, 0.15) is 69.4 Å². The first kappa shape index (κ1) is 24.8. The van der Waals surface area contributed by atoms with Crippen LogP contribution < -0.4 is 10.1 Å². The van der Waals surface area contributed by atoms with E-state index in [0.29, 0.717) is 16.9 Å². The second kappa shape index (κ2) is 8.72. The zero-order chi connectivity index (χ0) is 25.6. The zero-order valence-corrected chi connectivity index (χ0v) is 21.7. The van der Waals surface area contributed by atoms with Crippen molar-refractivity contribution in [1.82, 2.24) is 0 Å². The van der Waals surface area contributed by atoms with Crippen molar-refractivity contribution < 1.29 is 19.4 Å². The third kappa shape index (κ3) is 4.19. The number of benzene rings is 3. The smallest absolute Gasteiger partial charge is 0.244 e. The van der Waals surface area contributed by atoms with E-state index in [-0.39, 0.29) is 29.3 Å². The predicted molar refractivity (Wildman–Crippen MR) is 139 cm³/mol. The van der Waals surface area contributed by atoms with Crippen molar-refractivity contribution in [2.75, 3.05) is 19.2 Å². The Bertz CT molecular complexity index is 1270. The fraction of sp³-hybridized carbons (Fsp3) is 0.367. The molecule has 0 radical (unpaired) electrons. The first-order valence-corrected chi connectivity index (χ1v) is 11.9. The molecule has 0 saturated heterocycles. The molecule has 3 aromatic carbocycles. The number of aromatic hydroxyl groups is 1. The van der Waals surface area contributed by atoms with Gasteiger partial charge < -0.3 is 19.9 Å². The van der Waals surface area contributed by atoms with Crippen LogP contribution in [0.15, 0.2) is 60.7 Å². The second-order valence-electron chi connectivity index (χ2n) is 11.2. The highest BCUT2D eigenvalue weighted by Gasteiger charge is 2.53. The molecule has 1 amide bonds. The van der Waals surface area contributed by atoms with E-state index in [1.807, 2.05) is 54.6 Å². The van der Waals surface area contributed by atoms with Crippen molar-refractivity contribution >= 4 is 11.6 Å². The first-order valence-electron chi connectivity index (χ1n) is 11.9. The van der Waals surface area contributed by atoms with Crippen molar-refractivity contribution in [3.63, 3.8) is 0 Å². The van der Waals surface area contributed by atoms with Crippen LogP contribution in [0.3, 0.4) is 0 Å². The number of anilines is 1. The summed E-state index contributed by atoms with van der Waals surface area (Å²) in [5.41, 5.74) is 3.11. The number of carbonyl (C=O) groups is 1. The molecule has 4 rings (SSSR count). The van der Waals surface area contributed by atoms with Gasteiger partial charge in [-0.05, 0) is 52.3 Å². The van der Waals surface area contributed by atoms with E-state index in [1.54, 1.807) is 13.2 Å². The maximum atomic E-state index is 14.1. The molecule has 0 saturated carbocycles. The Morgan fingerprint density at radius 1 is 0.829 bits per heavy atom. The quantitative estimate of drug-likeness (QED) is 0.430. The lowest BCUT2D eigenvalue weighted by molar-refractivity contribution is -0.118. The SMILES string of the molecule is COCOc1ccc(C(C)(C)C)cc1C1(c2cc(C(C)(C)C)ccc2O)C(=O)Nc2ccccc21. The lowest BCUT2D eigenvalue weighted by Crippen LogP contribution is -2.38. The molecule has 5 heteroatoms. The highest BCUT2D eigenvalue weighted by molar-refractivity contribution is 6.12. The van der Waals surface area contributed by atoms with Crippen LogP contribution in [0.5, 0.6) is 11.5 Å². The fourth-order valence-electron chi connectivity index (χ4n) is 4.78. The van der Waals surface area contributed by atoms with Gasteiger partial charge in [-0.3, -0.25) is 4.79 Å². The Kier molecular flexibility index (Phi) is 6.18. The number of amides is 1. The van der Waals surface area contributed by atoms with E-state index in [2.05, 4.69) is 46.9 Å². The van der Waals surface area contributed by atoms with Crippen molar-refractivity contribution in [2.45, 2.75) is 57.8 Å². The molecule has 5 nitrogen and oxygen atoms in total. The number of phenols is 1. The molecule has 1 atom stereocenters. The van der Waals surface area contributed by atoms with Crippen LogP contribution in [0.4, 0.5) is 5.69 Å². The van der Waals surface area contributed by atoms with E-state index < -0.39 is 5.41 Å².